The smallest absolute Gasteiger partial charge is 0.410 e. The molecule has 1 saturated heterocycles. The number of benzene rings is 1. The number of nitrogens with zero attached hydrogens (tertiary/aromatic N) is 2. The van der Waals surface area contributed by atoms with E-state index in [1.54, 1.807) is 37.8 Å². The van der Waals surface area contributed by atoms with Gasteiger partial charge in [0.15, 0.2) is 0 Å². The van der Waals surface area contributed by atoms with Crippen molar-refractivity contribution >= 4 is 23.9 Å². The van der Waals surface area contributed by atoms with Gasteiger partial charge in [-0.25, -0.2) is 9.59 Å². The highest BCUT2D eigenvalue weighted by atomic mass is 16.7. The molecule has 3 amide bonds. The summed E-state index contributed by atoms with van der Waals surface area (Å²) in [6.07, 6.45) is 3.61. The molecule has 2 fully saturated rings. The second-order valence-corrected chi connectivity index (χ2v) is 9.64. The van der Waals surface area contributed by atoms with Crippen LogP contribution in [-0.2, 0) is 14.4 Å². The molecule has 0 bridgehead atoms. The van der Waals surface area contributed by atoms with E-state index < -0.39 is 34.9 Å². The molecule has 0 spiro atoms. The number of amides is 3. The summed E-state index contributed by atoms with van der Waals surface area (Å²) in [6.45, 7) is 5.95. The number of hydrogen-bond acceptors (Lipinski definition) is 6. The number of carbonyl (C=O) groups is 4. The van der Waals surface area contributed by atoms with Crippen molar-refractivity contribution in [3.05, 3.63) is 35.4 Å². The van der Waals surface area contributed by atoms with Crippen molar-refractivity contribution in [3.8, 4) is 0 Å². The average Bonchev–Trinajstić information content (AvgIpc) is 3.10. The molecule has 8 nitrogen and oxygen atoms in total. The molecule has 0 N–H and O–H groups in total. The van der Waals surface area contributed by atoms with Gasteiger partial charge in [-0.3, -0.25) is 9.59 Å². The number of ether oxygens (including phenoxy) is 1. The van der Waals surface area contributed by atoms with Gasteiger partial charge in [0, 0.05) is 13.1 Å². The summed E-state index contributed by atoms with van der Waals surface area (Å²) < 4.78 is 5.51. The Morgan fingerprint density at radius 2 is 1.68 bits per heavy atom. The van der Waals surface area contributed by atoms with Crippen molar-refractivity contribution in [2.24, 2.45) is 11.3 Å². The first-order chi connectivity index (χ1) is 14.6. The van der Waals surface area contributed by atoms with E-state index >= 15 is 0 Å². The van der Waals surface area contributed by atoms with E-state index in [9.17, 15) is 19.2 Å². The van der Waals surface area contributed by atoms with Crippen LogP contribution < -0.4 is 0 Å². The summed E-state index contributed by atoms with van der Waals surface area (Å²) in [5.74, 6) is -2.01. The quantitative estimate of drug-likeness (QED) is 0.669. The molecule has 2 heterocycles. The summed E-state index contributed by atoms with van der Waals surface area (Å²) in [4.78, 5) is 58.5. The SMILES string of the molecule is CC(C)(C)OC(=O)N1CC2CCCCCC2(C(=O)ON2C(=O)c3ccccc3C2=O)C1. The van der Waals surface area contributed by atoms with Crippen LogP contribution in [0.4, 0.5) is 4.79 Å². The van der Waals surface area contributed by atoms with E-state index in [4.69, 9.17) is 9.57 Å². The zero-order chi connectivity index (χ0) is 22.4. The van der Waals surface area contributed by atoms with Crippen molar-refractivity contribution in [2.45, 2.75) is 58.5 Å². The van der Waals surface area contributed by atoms with E-state index in [-0.39, 0.29) is 23.6 Å². The number of carbonyl (C=O) groups excluding carboxylic acids is 4. The molecule has 8 heteroatoms. The highest BCUT2D eigenvalue weighted by Gasteiger charge is 2.56. The van der Waals surface area contributed by atoms with Crippen LogP contribution in [0.1, 0.15) is 73.6 Å². The second-order valence-electron chi connectivity index (χ2n) is 9.64. The third-order valence-electron chi connectivity index (χ3n) is 6.36. The van der Waals surface area contributed by atoms with Crippen LogP contribution in [0.15, 0.2) is 24.3 Å². The molecule has 4 rings (SSSR count). The van der Waals surface area contributed by atoms with Crippen molar-refractivity contribution < 1.29 is 28.8 Å². The van der Waals surface area contributed by atoms with Crippen molar-refractivity contribution in [1.82, 2.24) is 9.96 Å². The number of imide groups is 1. The first kappa shape index (κ1) is 21.3. The monoisotopic (exact) mass is 428 g/mol. The lowest BCUT2D eigenvalue weighted by Gasteiger charge is -2.31. The van der Waals surface area contributed by atoms with Crippen LogP contribution in [0.2, 0.25) is 0 Å². The minimum absolute atomic E-state index is 0.106. The fourth-order valence-electron chi connectivity index (χ4n) is 4.86. The summed E-state index contributed by atoms with van der Waals surface area (Å²) in [5.41, 5.74) is -1.16. The van der Waals surface area contributed by atoms with Gasteiger partial charge in [-0.1, -0.05) is 36.5 Å². The Kier molecular flexibility index (Phi) is 5.27. The van der Waals surface area contributed by atoms with Crippen LogP contribution in [0.3, 0.4) is 0 Å². The van der Waals surface area contributed by atoms with E-state index in [1.165, 1.54) is 12.1 Å². The lowest BCUT2D eigenvalue weighted by molar-refractivity contribution is -0.183. The predicted molar refractivity (Wildman–Crippen MR) is 110 cm³/mol. The molecule has 31 heavy (non-hydrogen) atoms. The average molecular weight is 428 g/mol. The van der Waals surface area contributed by atoms with E-state index in [0.29, 0.717) is 18.0 Å². The summed E-state index contributed by atoms with van der Waals surface area (Å²) in [7, 11) is 0. The highest BCUT2D eigenvalue weighted by molar-refractivity contribution is 6.20. The van der Waals surface area contributed by atoms with Crippen molar-refractivity contribution in [3.63, 3.8) is 0 Å². The van der Waals surface area contributed by atoms with E-state index in [1.807, 2.05) is 0 Å². The minimum Gasteiger partial charge on any atom is -0.444 e. The largest absolute Gasteiger partial charge is 0.444 e. The standard InChI is InChI=1S/C23H28N2O6/c1-22(2,3)30-21(29)24-13-15-9-5-4-8-12-23(15,14-24)20(28)31-25-18(26)16-10-6-7-11-17(16)19(25)27/h6-7,10-11,15H,4-5,8-9,12-14H2,1-3H3. The predicted octanol–water partition coefficient (Wildman–Crippen LogP) is 3.56. The van der Waals surface area contributed by atoms with Crippen molar-refractivity contribution in [2.75, 3.05) is 13.1 Å². The molecule has 3 aliphatic rings. The van der Waals surface area contributed by atoms with Gasteiger partial charge in [0.1, 0.15) is 5.60 Å². The molecule has 1 aromatic carbocycles. The van der Waals surface area contributed by atoms with Gasteiger partial charge >= 0.3 is 12.1 Å². The Morgan fingerprint density at radius 1 is 1.03 bits per heavy atom. The number of rotatable bonds is 2. The van der Waals surface area contributed by atoms with Crippen molar-refractivity contribution in [1.29, 1.82) is 0 Å². The topological polar surface area (TPSA) is 93.2 Å². The summed E-state index contributed by atoms with van der Waals surface area (Å²) in [6, 6.07) is 6.39. The summed E-state index contributed by atoms with van der Waals surface area (Å²) in [5, 5.41) is 0.569. The molecule has 2 aliphatic heterocycles. The van der Waals surface area contributed by atoms with Crippen LogP contribution in [0, 0.1) is 11.3 Å². The molecule has 0 radical (unpaired) electrons. The lowest BCUT2D eigenvalue weighted by atomic mass is 9.74. The van der Waals surface area contributed by atoms with Crippen LogP contribution >= 0.6 is 0 Å². The zero-order valence-corrected chi connectivity index (χ0v) is 18.2. The fourth-order valence-corrected chi connectivity index (χ4v) is 4.86. The molecule has 2 atom stereocenters. The molecule has 0 aromatic heterocycles. The normalized spacial score (nSPS) is 25.7. The molecular weight excluding hydrogens is 400 g/mol. The Balaban J connectivity index is 1.57. The van der Waals surface area contributed by atoms with Gasteiger partial charge in [-0.15, -0.1) is 0 Å². The number of hydrogen-bond donors (Lipinski definition) is 0. The first-order valence-corrected chi connectivity index (χ1v) is 10.8. The zero-order valence-electron chi connectivity index (χ0n) is 18.2. The Labute approximate surface area is 181 Å². The van der Waals surface area contributed by atoms with Crippen LogP contribution in [-0.4, -0.2) is 52.5 Å². The Morgan fingerprint density at radius 3 is 2.29 bits per heavy atom. The number of fused-ring (bicyclic) bond motifs is 2. The maximum atomic E-state index is 13.5. The molecule has 166 valence electrons. The Bertz CT molecular complexity index is 901. The molecule has 1 aliphatic carbocycles. The fraction of sp³-hybridized carbons (Fsp3) is 0.565. The maximum absolute atomic E-state index is 13.5. The van der Waals surface area contributed by atoms with Crippen LogP contribution in [0.25, 0.3) is 0 Å². The second kappa shape index (κ2) is 7.66. The number of likely N-dealkylation sites (tertiary alicyclic amines) is 1. The lowest BCUT2D eigenvalue weighted by Crippen LogP contribution is -2.45. The van der Waals surface area contributed by atoms with Gasteiger partial charge in [0.2, 0.25) is 0 Å². The maximum Gasteiger partial charge on any atom is 0.410 e. The Hall–Kier alpha value is -2.90. The first-order valence-electron chi connectivity index (χ1n) is 10.8. The molecular formula is C23H28N2O6. The van der Waals surface area contributed by atoms with Gasteiger partial charge in [-0.2, -0.15) is 0 Å². The summed E-state index contributed by atoms with van der Waals surface area (Å²) >= 11 is 0. The third kappa shape index (κ3) is 3.79. The third-order valence-corrected chi connectivity index (χ3v) is 6.36. The molecule has 2 unspecified atom stereocenters. The molecule has 1 aromatic rings. The molecule has 1 saturated carbocycles. The van der Waals surface area contributed by atoms with E-state index in [0.717, 1.165) is 25.7 Å². The number of hydroxylamine groups is 2. The highest BCUT2D eigenvalue weighted by Crippen LogP contribution is 2.47. The van der Waals surface area contributed by atoms with E-state index in [2.05, 4.69) is 0 Å². The minimum atomic E-state index is -0.956. The van der Waals surface area contributed by atoms with Crippen LogP contribution in [0.5, 0.6) is 0 Å². The van der Waals surface area contributed by atoms with Gasteiger partial charge in [-0.05, 0) is 51.7 Å². The van der Waals surface area contributed by atoms with Gasteiger partial charge in [0.25, 0.3) is 11.8 Å². The van der Waals surface area contributed by atoms with Gasteiger partial charge < -0.3 is 14.5 Å². The van der Waals surface area contributed by atoms with Gasteiger partial charge in [0.05, 0.1) is 16.5 Å².